The van der Waals surface area contributed by atoms with Gasteiger partial charge in [-0.15, -0.1) is 0 Å². The van der Waals surface area contributed by atoms with Crippen LogP contribution in [0.4, 0.5) is 18.9 Å². The van der Waals surface area contributed by atoms with E-state index in [4.69, 9.17) is 5.11 Å². The lowest BCUT2D eigenvalue weighted by atomic mass is 10.2. The number of halogens is 3. The molecule has 0 unspecified atom stereocenters. The summed E-state index contributed by atoms with van der Waals surface area (Å²) in [6, 6.07) is 5.30. The van der Waals surface area contributed by atoms with Crippen molar-refractivity contribution in [2.24, 2.45) is 0 Å². The second-order valence-corrected chi connectivity index (χ2v) is 3.22. The predicted molar refractivity (Wildman–Crippen MR) is 57.2 cm³/mol. The van der Waals surface area contributed by atoms with Gasteiger partial charge < -0.3 is 10.4 Å². The molecular weight excluding hydrogens is 251 g/mol. The molecule has 18 heavy (non-hydrogen) atoms. The summed E-state index contributed by atoms with van der Waals surface area (Å²) < 4.78 is 35.5. The number of benzene rings is 1. The molecular formula is C11H8F3NO3. The summed E-state index contributed by atoms with van der Waals surface area (Å²) in [5.41, 5.74) is 0.419. The minimum Gasteiger partial charge on any atom is -0.478 e. The van der Waals surface area contributed by atoms with Crippen LogP contribution in [0, 0.1) is 0 Å². The van der Waals surface area contributed by atoms with Gasteiger partial charge in [0.05, 0.1) is 5.56 Å². The highest BCUT2D eigenvalue weighted by atomic mass is 19.4. The number of allylic oxidation sites excluding steroid dienone is 1. The van der Waals surface area contributed by atoms with Gasteiger partial charge in [0, 0.05) is 18.0 Å². The number of ketones is 1. The molecule has 96 valence electrons. The third kappa shape index (κ3) is 3.93. The van der Waals surface area contributed by atoms with Crippen LogP contribution in [-0.2, 0) is 4.79 Å². The highest BCUT2D eigenvalue weighted by molar-refractivity contribution is 5.94. The Labute approximate surface area is 99.7 Å². The molecule has 0 amide bonds. The van der Waals surface area contributed by atoms with Crippen molar-refractivity contribution in [1.29, 1.82) is 0 Å². The molecule has 4 nitrogen and oxygen atoms in total. The standard InChI is InChI=1S/C11H8F3NO3/c12-11(13,14)9(16)5-6-15-8-3-1-7(2-4-8)10(17)18/h1-6,15H,(H,17,18)/b6-5+. The van der Waals surface area contributed by atoms with Gasteiger partial charge in [0.2, 0.25) is 0 Å². The van der Waals surface area contributed by atoms with Crippen LogP contribution in [0.3, 0.4) is 0 Å². The zero-order valence-corrected chi connectivity index (χ0v) is 8.86. The Morgan fingerprint density at radius 1 is 1.17 bits per heavy atom. The molecule has 0 saturated carbocycles. The highest BCUT2D eigenvalue weighted by Gasteiger charge is 2.35. The maximum Gasteiger partial charge on any atom is 0.454 e. The van der Waals surface area contributed by atoms with Crippen molar-refractivity contribution in [3.8, 4) is 0 Å². The second kappa shape index (κ2) is 5.35. The van der Waals surface area contributed by atoms with Gasteiger partial charge in [0.15, 0.2) is 0 Å². The quantitative estimate of drug-likeness (QED) is 0.815. The van der Waals surface area contributed by atoms with Gasteiger partial charge in [-0.05, 0) is 24.3 Å². The number of carboxylic acids is 1. The molecule has 1 rings (SSSR count). The molecule has 0 fully saturated rings. The van der Waals surface area contributed by atoms with Gasteiger partial charge in [0.25, 0.3) is 5.78 Å². The summed E-state index contributed by atoms with van der Waals surface area (Å²) >= 11 is 0. The molecule has 0 spiro atoms. The number of carbonyl (C=O) groups is 2. The second-order valence-electron chi connectivity index (χ2n) is 3.22. The summed E-state index contributed by atoms with van der Waals surface area (Å²) in [6.07, 6.45) is -3.71. The summed E-state index contributed by atoms with van der Waals surface area (Å²) in [5, 5.41) is 11.0. The summed E-state index contributed by atoms with van der Waals surface area (Å²) in [5.74, 6) is -3.08. The van der Waals surface area contributed by atoms with Crippen molar-refractivity contribution in [1.82, 2.24) is 0 Å². The first kappa shape index (κ1) is 13.8. The number of alkyl halides is 3. The Balaban J connectivity index is 2.62. The number of carbonyl (C=O) groups excluding carboxylic acids is 1. The summed E-state index contributed by atoms with van der Waals surface area (Å²) in [6.45, 7) is 0. The third-order valence-corrected chi connectivity index (χ3v) is 1.90. The van der Waals surface area contributed by atoms with Crippen LogP contribution in [0.15, 0.2) is 36.5 Å². The van der Waals surface area contributed by atoms with Crippen molar-refractivity contribution >= 4 is 17.4 Å². The van der Waals surface area contributed by atoms with Crippen molar-refractivity contribution in [2.45, 2.75) is 6.18 Å². The Bertz CT molecular complexity index is 477. The number of nitrogens with one attached hydrogen (secondary N) is 1. The van der Waals surface area contributed by atoms with Gasteiger partial charge in [-0.3, -0.25) is 4.79 Å². The first-order valence-corrected chi connectivity index (χ1v) is 4.68. The zero-order chi connectivity index (χ0) is 13.8. The molecule has 0 atom stereocenters. The monoisotopic (exact) mass is 259 g/mol. The van der Waals surface area contributed by atoms with Crippen LogP contribution in [0.5, 0.6) is 0 Å². The zero-order valence-electron chi connectivity index (χ0n) is 8.86. The molecule has 1 aromatic carbocycles. The van der Waals surface area contributed by atoms with E-state index in [1.165, 1.54) is 24.3 Å². The molecule has 0 aliphatic heterocycles. The fourth-order valence-electron chi connectivity index (χ4n) is 1.02. The van der Waals surface area contributed by atoms with E-state index < -0.39 is 17.9 Å². The van der Waals surface area contributed by atoms with E-state index in [-0.39, 0.29) is 5.56 Å². The van der Waals surface area contributed by atoms with Crippen LogP contribution in [-0.4, -0.2) is 23.0 Å². The average molecular weight is 259 g/mol. The summed E-state index contributed by atoms with van der Waals surface area (Å²) in [4.78, 5) is 21.0. The lowest BCUT2D eigenvalue weighted by Crippen LogP contribution is -2.20. The maximum absolute atomic E-state index is 11.8. The van der Waals surface area contributed by atoms with E-state index in [1.54, 1.807) is 0 Å². The van der Waals surface area contributed by atoms with Gasteiger partial charge in [-0.25, -0.2) is 4.79 Å². The van der Waals surface area contributed by atoms with E-state index in [2.05, 4.69) is 5.32 Å². The van der Waals surface area contributed by atoms with Crippen molar-refractivity contribution in [3.63, 3.8) is 0 Å². The molecule has 1 aromatic rings. The van der Waals surface area contributed by atoms with E-state index in [0.717, 1.165) is 6.20 Å². The van der Waals surface area contributed by atoms with Crippen LogP contribution in [0.25, 0.3) is 0 Å². The molecule has 0 heterocycles. The normalized spacial score (nSPS) is 11.5. The smallest absolute Gasteiger partial charge is 0.454 e. The number of hydrogen-bond acceptors (Lipinski definition) is 3. The first-order chi connectivity index (χ1) is 8.30. The molecule has 0 radical (unpaired) electrons. The van der Waals surface area contributed by atoms with Crippen molar-refractivity contribution < 1.29 is 27.9 Å². The number of aromatic carboxylic acids is 1. The third-order valence-electron chi connectivity index (χ3n) is 1.90. The number of anilines is 1. The predicted octanol–water partition coefficient (Wildman–Crippen LogP) is 2.44. The molecule has 0 aromatic heterocycles. The van der Waals surface area contributed by atoms with Gasteiger partial charge >= 0.3 is 12.1 Å². The fraction of sp³-hybridized carbons (Fsp3) is 0.0909. The van der Waals surface area contributed by atoms with Gasteiger partial charge in [-0.1, -0.05) is 0 Å². The SMILES string of the molecule is O=C(O)c1ccc(N/C=C/C(=O)C(F)(F)F)cc1. The molecule has 0 aliphatic rings. The molecule has 0 aliphatic carbocycles. The van der Waals surface area contributed by atoms with Crippen LogP contribution < -0.4 is 5.32 Å². The van der Waals surface area contributed by atoms with E-state index in [1.807, 2.05) is 0 Å². The van der Waals surface area contributed by atoms with Crippen LogP contribution >= 0.6 is 0 Å². The molecule has 2 N–H and O–H groups in total. The Kier molecular flexibility index (Phi) is 4.09. The Morgan fingerprint density at radius 2 is 1.72 bits per heavy atom. The average Bonchev–Trinajstić information content (AvgIpc) is 2.28. The van der Waals surface area contributed by atoms with E-state index in [0.29, 0.717) is 11.8 Å². The number of hydrogen-bond donors (Lipinski definition) is 2. The Hall–Kier alpha value is -2.31. The minimum atomic E-state index is -4.90. The molecule has 0 saturated heterocycles. The van der Waals surface area contributed by atoms with Crippen molar-refractivity contribution in [3.05, 3.63) is 42.1 Å². The lowest BCUT2D eigenvalue weighted by molar-refractivity contribution is -0.165. The van der Waals surface area contributed by atoms with Gasteiger partial charge in [-0.2, -0.15) is 13.2 Å². The summed E-state index contributed by atoms with van der Waals surface area (Å²) in [7, 11) is 0. The maximum atomic E-state index is 11.8. The number of rotatable bonds is 4. The first-order valence-electron chi connectivity index (χ1n) is 4.68. The minimum absolute atomic E-state index is 0.0518. The van der Waals surface area contributed by atoms with Crippen LogP contribution in [0.2, 0.25) is 0 Å². The van der Waals surface area contributed by atoms with Crippen molar-refractivity contribution in [2.75, 3.05) is 5.32 Å². The van der Waals surface area contributed by atoms with E-state index in [9.17, 15) is 22.8 Å². The molecule has 7 heteroatoms. The molecule has 0 bridgehead atoms. The van der Waals surface area contributed by atoms with Gasteiger partial charge in [0.1, 0.15) is 0 Å². The number of carboxylic acid groups (broad SMARTS) is 1. The Morgan fingerprint density at radius 3 is 2.17 bits per heavy atom. The van der Waals surface area contributed by atoms with Crippen LogP contribution in [0.1, 0.15) is 10.4 Å². The van der Waals surface area contributed by atoms with E-state index >= 15 is 0 Å². The topological polar surface area (TPSA) is 66.4 Å². The fourth-order valence-corrected chi connectivity index (χ4v) is 1.02. The lowest BCUT2D eigenvalue weighted by Gasteiger charge is -2.02. The largest absolute Gasteiger partial charge is 0.478 e. The highest BCUT2D eigenvalue weighted by Crippen LogP contribution is 2.16.